The fraction of sp³-hybridized carbons (Fsp3) is 0.375. The first kappa shape index (κ1) is 13.3. The predicted octanol–water partition coefficient (Wildman–Crippen LogP) is 4.59. The van der Waals surface area contributed by atoms with E-state index in [4.69, 9.17) is 0 Å². The molecule has 0 fully saturated rings. The Morgan fingerprint density at radius 1 is 1.06 bits per heavy atom. The van der Waals surface area contributed by atoms with Gasteiger partial charge in [-0.3, -0.25) is 0 Å². The van der Waals surface area contributed by atoms with E-state index < -0.39 is 0 Å². The molecule has 0 aliphatic carbocycles. The molecule has 0 aliphatic rings. The van der Waals surface area contributed by atoms with Crippen LogP contribution in [0.3, 0.4) is 0 Å². The van der Waals surface area contributed by atoms with E-state index >= 15 is 0 Å². The van der Waals surface area contributed by atoms with Crippen LogP contribution in [0.25, 0.3) is 0 Å². The summed E-state index contributed by atoms with van der Waals surface area (Å²) in [6.45, 7) is 5.60. The molecule has 0 amide bonds. The van der Waals surface area contributed by atoms with Crippen molar-refractivity contribution in [2.24, 2.45) is 0 Å². The zero-order valence-corrected chi connectivity index (χ0v) is 11.9. The van der Waals surface area contributed by atoms with Crippen molar-refractivity contribution in [1.82, 2.24) is 5.32 Å². The molecular formula is C16H21NS. The van der Waals surface area contributed by atoms with E-state index in [0.29, 0.717) is 12.0 Å². The SMILES string of the molecule is CC(CCNC(C)c1cccs1)c1ccccc1. The second-order valence-corrected chi connectivity index (χ2v) is 5.77. The molecule has 2 atom stereocenters. The largest absolute Gasteiger partial charge is 0.309 e. The van der Waals surface area contributed by atoms with E-state index in [1.807, 2.05) is 11.3 Å². The van der Waals surface area contributed by atoms with Crippen molar-refractivity contribution in [2.45, 2.75) is 32.2 Å². The summed E-state index contributed by atoms with van der Waals surface area (Å²) in [6.07, 6.45) is 1.18. The highest BCUT2D eigenvalue weighted by molar-refractivity contribution is 7.10. The van der Waals surface area contributed by atoms with Gasteiger partial charge in [0.05, 0.1) is 0 Å². The van der Waals surface area contributed by atoms with Gasteiger partial charge in [-0.1, -0.05) is 43.3 Å². The highest BCUT2D eigenvalue weighted by atomic mass is 32.1. The Morgan fingerprint density at radius 2 is 1.83 bits per heavy atom. The number of thiophene rings is 1. The number of hydrogen-bond acceptors (Lipinski definition) is 2. The van der Waals surface area contributed by atoms with Gasteiger partial charge in [0.2, 0.25) is 0 Å². The number of benzene rings is 1. The summed E-state index contributed by atoms with van der Waals surface area (Å²) in [5.74, 6) is 0.620. The molecule has 0 bridgehead atoms. The van der Waals surface area contributed by atoms with E-state index in [1.54, 1.807) is 0 Å². The summed E-state index contributed by atoms with van der Waals surface area (Å²) in [6, 6.07) is 15.5. The summed E-state index contributed by atoms with van der Waals surface area (Å²) in [7, 11) is 0. The maximum Gasteiger partial charge on any atom is 0.0386 e. The lowest BCUT2D eigenvalue weighted by Gasteiger charge is -2.15. The van der Waals surface area contributed by atoms with Crippen LogP contribution in [-0.4, -0.2) is 6.54 Å². The van der Waals surface area contributed by atoms with Crippen molar-refractivity contribution in [2.75, 3.05) is 6.54 Å². The maximum atomic E-state index is 3.60. The fourth-order valence-corrected chi connectivity index (χ4v) is 2.86. The molecule has 0 aliphatic heterocycles. The van der Waals surface area contributed by atoms with Gasteiger partial charge in [-0.05, 0) is 42.8 Å². The van der Waals surface area contributed by atoms with Gasteiger partial charge in [0.15, 0.2) is 0 Å². The van der Waals surface area contributed by atoms with Crippen molar-refractivity contribution in [3.05, 3.63) is 58.3 Å². The average Bonchev–Trinajstić information content (AvgIpc) is 2.93. The van der Waals surface area contributed by atoms with Gasteiger partial charge in [-0.15, -0.1) is 11.3 Å². The van der Waals surface area contributed by atoms with Gasteiger partial charge >= 0.3 is 0 Å². The van der Waals surface area contributed by atoms with Crippen LogP contribution in [0.4, 0.5) is 0 Å². The lowest BCUT2D eigenvalue weighted by atomic mass is 9.98. The highest BCUT2D eigenvalue weighted by Gasteiger charge is 2.08. The van der Waals surface area contributed by atoms with E-state index in [2.05, 4.69) is 67.0 Å². The van der Waals surface area contributed by atoms with E-state index in [0.717, 1.165) is 6.54 Å². The lowest BCUT2D eigenvalue weighted by Crippen LogP contribution is -2.20. The summed E-state index contributed by atoms with van der Waals surface area (Å²) in [4.78, 5) is 1.42. The first-order valence-electron chi connectivity index (χ1n) is 6.59. The maximum absolute atomic E-state index is 3.60. The quantitative estimate of drug-likeness (QED) is 0.800. The molecule has 2 unspecified atom stereocenters. The summed E-state index contributed by atoms with van der Waals surface area (Å²) >= 11 is 1.82. The summed E-state index contributed by atoms with van der Waals surface area (Å²) in [5.41, 5.74) is 1.43. The molecule has 1 aromatic heterocycles. The third kappa shape index (κ3) is 3.69. The zero-order valence-electron chi connectivity index (χ0n) is 11.1. The Hall–Kier alpha value is -1.12. The lowest BCUT2D eigenvalue weighted by molar-refractivity contribution is 0.536. The van der Waals surface area contributed by atoms with Crippen molar-refractivity contribution in [3.8, 4) is 0 Å². The minimum Gasteiger partial charge on any atom is -0.309 e. The third-order valence-corrected chi connectivity index (χ3v) is 4.42. The van der Waals surface area contributed by atoms with Gasteiger partial charge in [-0.2, -0.15) is 0 Å². The molecule has 96 valence electrons. The molecule has 0 saturated heterocycles. The van der Waals surface area contributed by atoms with Crippen molar-refractivity contribution >= 4 is 11.3 Å². The highest BCUT2D eigenvalue weighted by Crippen LogP contribution is 2.20. The molecule has 1 heterocycles. The van der Waals surface area contributed by atoms with Crippen molar-refractivity contribution < 1.29 is 0 Å². The predicted molar refractivity (Wildman–Crippen MR) is 80.2 cm³/mol. The Labute approximate surface area is 114 Å². The average molecular weight is 259 g/mol. The van der Waals surface area contributed by atoms with Crippen LogP contribution in [0.2, 0.25) is 0 Å². The summed E-state index contributed by atoms with van der Waals surface area (Å²) < 4.78 is 0. The Morgan fingerprint density at radius 3 is 2.50 bits per heavy atom. The minimum absolute atomic E-state index is 0.466. The van der Waals surface area contributed by atoms with Crippen LogP contribution in [0.5, 0.6) is 0 Å². The zero-order chi connectivity index (χ0) is 12.8. The molecule has 2 heteroatoms. The van der Waals surface area contributed by atoms with Crippen LogP contribution in [0.1, 0.15) is 42.7 Å². The van der Waals surface area contributed by atoms with E-state index in [1.165, 1.54) is 16.9 Å². The first-order chi connectivity index (χ1) is 8.77. The van der Waals surface area contributed by atoms with Crippen LogP contribution in [0, 0.1) is 0 Å². The van der Waals surface area contributed by atoms with E-state index in [9.17, 15) is 0 Å². The number of hydrogen-bond donors (Lipinski definition) is 1. The van der Waals surface area contributed by atoms with Crippen LogP contribution < -0.4 is 5.32 Å². The molecule has 0 radical (unpaired) electrons. The minimum atomic E-state index is 0.466. The molecule has 2 rings (SSSR count). The van der Waals surface area contributed by atoms with Gasteiger partial charge in [0.1, 0.15) is 0 Å². The second kappa shape index (κ2) is 6.72. The van der Waals surface area contributed by atoms with Gasteiger partial charge in [0, 0.05) is 10.9 Å². The topological polar surface area (TPSA) is 12.0 Å². The number of nitrogens with one attached hydrogen (secondary N) is 1. The monoisotopic (exact) mass is 259 g/mol. The fourth-order valence-electron chi connectivity index (χ4n) is 2.10. The molecule has 1 N–H and O–H groups in total. The molecule has 1 aromatic carbocycles. The van der Waals surface area contributed by atoms with Crippen molar-refractivity contribution in [3.63, 3.8) is 0 Å². The molecule has 2 aromatic rings. The van der Waals surface area contributed by atoms with Gasteiger partial charge < -0.3 is 5.32 Å². The Balaban J connectivity index is 1.76. The number of rotatable bonds is 6. The Kier molecular flexibility index (Phi) is 4.97. The molecule has 18 heavy (non-hydrogen) atoms. The van der Waals surface area contributed by atoms with E-state index in [-0.39, 0.29) is 0 Å². The standard InChI is InChI=1S/C16H21NS/c1-13(15-7-4-3-5-8-15)10-11-17-14(2)16-9-6-12-18-16/h3-9,12-14,17H,10-11H2,1-2H3. The van der Waals surface area contributed by atoms with Crippen LogP contribution in [-0.2, 0) is 0 Å². The summed E-state index contributed by atoms with van der Waals surface area (Å²) in [5, 5.41) is 5.74. The Bertz CT molecular complexity index is 435. The third-order valence-electron chi connectivity index (χ3n) is 3.37. The smallest absolute Gasteiger partial charge is 0.0386 e. The van der Waals surface area contributed by atoms with Gasteiger partial charge in [0.25, 0.3) is 0 Å². The molecular weight excluding hydrogens is 238 g/mol. The van der Waals surface area contributed by atoms with Crippen LogP contribution in [0.15, 0.2) is 47.8 Å². The van der Waals surface area contributed by atoms with Gasteiger partial charge in [-0.25, -0.2) is 0 Å². The molecule has 1 nitrogen and oxygen atoms in total. The normalized spacial score (nSPS) is 14.3. The first-order valence-corrected chi connectivity index (χ1v) is 7.47. The molecule has 0 saturated carbocycles. The van der Waals surface area contributed by atoms with Crippen LogP contribution >= 0.6 is 11.3 Å². The molecule has 0 spiro atoms. The van der Waals surface area contributed by atoms with Crippen molar-refractivity contribution in [1.29, 1.82) is 0 Å². The second-order valence-electron chi connectivity index (χ2n) is 4.79.